The fourth-order valence-electron chi connectivity index (χ4n) is 4.17. The van der Waals surface area contributed by atoms with E-state index >= 15 is 0 Å². The van der Waals surface area contributed by atoms with Crippen LogP contribution in [0.2, 0.25) is 0 Å². The summed E-state index contributed by atoms with van der Waals surface area (Å²) in [7, 11) is -7.53. The maximum atomic E-state index is 13.4. The molecule has 0 aliphatic carbocycles. The Morgan fingerprint density at radius 2 is 1.10 bits per heavy atom. The van der Waals surface area contributed by atoms with Crippen LogP contribution in [-0.4, -0.2) is 117 Å². The second-order valence-corrected chi connectivity index (χ2v) is 13.8. The summed E-state index contributed by atoms with van der Waals surface area (Å²) in [6.45, 7) is 8.12. The van der Waals surface area contributed by atoms with E-state index in [4.69, 9.17) is 23.7 Å². The van der Waals surface area contributed by atoms with E-state index in [1.165, 1.54) is 8.61 Å². The summed E-state index contributed by atoms with van der Waals surface area (Å²) in [4.78, 5) is 0.416. The number of ether oxygens (including phenoxy) is 5. The van der Waals surface area contributed by atoms with Crippen LogP contribution in [0, 0.1) is 13.8 Å². The average Bonchev–Trinajstić information content (AvgIpc) is 2.96. The average molecular weight is 629 g/mol. The first kappa shape index (κ1) is 34.5. The first-order valence-corrected chi connectivity index (χ1v) is 17.1. The van der Waals surface area contributed by atoms with Crippen LogP contribution in [0.25, 0.3) is 0 Å². The molecule has 2 aromatic carbocycles. The molecule has 1 fully saturated rings. The Labute approximate surface area is 250 Å². The van der Waals surface area contributed by atoms with E-state index in [-0.39, 0.29) is 88.8 Å². The Bertz CT molecular complexity index is 1270. The number of hydrogen-bond donors (Lipinski definition) is 0. The number of hydrogen-bond acceptors (Lipinski definition) is 9. The second kappa shape index (κ2) is 17.4. The molecule has 0 aromatic heterocycles. The summed E-state index contributed by atoms with van der Waals surface area (Å²) < 4.78 is 84.9. The highest BCUT2D eigenvalue weighted by Gasteiger charge is 2.26. The topological polar surface area (TPSA) is 121 Å². The maximum Gasteiger partial charge on any atom is 0.243 e. The molecule has 0 N–H and O–H groups in total. The van der Waals surface area contributed by atoms with Crippen molar-refractivity contribution >= 4 is 20.0 Å². The Balaban J connectivity index is 1.69. The third-order valence-electron chi connectivity index (χ3n) is 6.65. The molecule has 0 spiro atoms. The number of sulfonamides is 2. The minimum atomic E-state index is -3.77. The van der Waals surface area contributed by atoms with Gasteiger partial charge in [0, 0.05) is 32.8 Å². The lowest BCUT2D eigenvalue weighted by atomic mass is 10.2. The zero-order chi connectivity index (χ0) is 30.4. The number of nitrogens with zero attached hydrogens (tertiary/aromatic N) is 2. The molecule has 3 rings (SSSR count). The van der Waals surface area contributed by atoms with E-state index in [2.05, 4.69) is 0 Å². The van der Waals surface area contributed by atoms with E-state index in [0.717, 1.165) is 11.1 Å². The summed E-state index contributed by atoms with van der Waals surface area (Å²) in [6.07, 6.45) is -0.463. The molecule has 236 valence electrons. The summed E-state index contributed by atoms with van der Waals surface area (Å²) in [5.74, 6) is 0. The van der Waals surface area contributed by atoms with Crippen molar-refractivity contribution in [3.8, 4) is 0 Å². The number of aryl methyl sites for hydroxylation is 2. The van der Waals surface area contributed by atoms with Crippen LogP contribution < -0.4 is 0 Å². The molecule has 0 saturated carbocycles. The van der Waals surface area contributed by atoms with Gasteiger partial charge in [-0.25, -0.2) is 16.8 Å². The zero-order valence-corrected chi connectivity index (χ0v) is 26.4. The molecule has 0 radical (unpaired) electrons. The Morgan fingerprint density at radius 1 is 0.667 bits per heavy atom. The third kappa shape index (κ3) is 10.6. The van der Waals surface area contributed by atoms with Crippen LogP contribution in [0.4, 0.5) is 0 Å². The molecule has 11 nitrogen and oxygen atoms in total. The fraction of sp³-hybridized carbons (Fsp3) is 0.586. The lowest BCUT2D eigenvalue weighted by Gasteiger charge is -2.25. The standard InChI is InChI=1S/C29H44N2O9S2/c1-4-36-23-27-24-39-19-15-30(41(32,33)28-9-5-25(2)6-10-28)13-17-37-21-22-38-18-14-31(16-20-40-27)42(34,35)29-11-7-26(3)8-12-29/h5-12,27H,4,13-24H2,1-3H3/t27-/m0/s1. The first-order valence-electron chi connectivity index (χ1n) is 14.2. The van der Waals surface area contributed by atoms with Crippen molar-refractivity contribution in [3.05, 3.63) is 59.7 Å². The van der Waals surface area contributed by atoms with Gasteiger partial charge >= 0.3 is 0 Å². The molecular weight excluding hydrogens is 584 g/mol. The highest BCUT2D eigenvalue weighted by atomic mass is 32.2. The van der Waals surface area contributed by atoms with Gasteiger partial charge in [-0.15, -0.1) is 0 Å². The van der Waals surface area contributed by atoms with Crippen molar-refractivity contribution in [2.45, 2.75) is 36.7 Å². The van der Waals surface area contributed by atoms with Crippen LogP contribution in [-0.2, 0) is 43.7 Å². The molecule has 1 aliphatic heterocycles. The summed E-state index contributed by atoms with van der Waals surface area (Å²) in [5.41, 5.74) is 1.94. The molecule has 42 heavy (non-hydrogen) atoms. The molecule has 1 saturated heterocycles. The fourth-order valence-corrected chi connectivity index (χ4v) is 6.99. The first-order chi connectivity index (χ1) is 20.1. The van der Waals surface area contributed by atoms with Gasteiger partial charge in [-0.3, -0.25) is 0 Å². The van der Waals surface area contributed by atoms with Crippen LogP contribution in [0.1, 0.15) is 18.1 Å². The van der Waals surface area contributed by atoms with Gasteiger partial charge in [-0.1, -0.05) is 35.4 Å². The molecule has 0 amide bonds. The van der Waals surface area contributed by atoms with Gasteiger partial charge in [0.15, 0.2) is 0 Å². The quantitative estimate of drug-likeness (QED) is 0.455. The van der Waals surface area contributed by atoms with E-state index in [1.807, 2.05) is 20.8 Å². The van der Waals surface area contributed by atoms with E-state index in [9.17, 15) is 16.8 Å². The Hall–Kier alpha value is -1.94. The molecule has 1 aliphatic rings. The Morgan fingerprint density at radius 3 is 1.55 bits per heavy atom. The van der Waals surface area contributed by atoms with Gasteiger partial charge in [0.25, 0.3) is 0 Å². The zero-order valence-electron chi connectivity index (χ0n) is 24.8. The molecular formula is C29H44N2O9S2. The van der Waals surface area contributed by atoms with Gasteiger partial charge in [0.2, 0.25) is 20.0 Å². The monoisotopic (exact) mass is 628 g/mol. The Kier molecular flexibility index (Phi) is 14.3. The number of benzene rings is 2. The lowest BCUT2D eigenvalue weighted by molar-refractivity contribution is -0.0612. The molecule has 0 unspecified atom stereocenters. The van der Waals surface area contributed by atoms with Crippen LogP contribution in [0.3, 0.4) is 0 Å². The van der Waals surface area contributed by atoms with Gasteiger partial charge in [-0.05, 0) is 45.0 Å². The van der Waals surface area contributed by atoms with Crippen LogP contribution >= 0.6 is 0 Å². The lowest BCUT2D eigenvalue weighted by Crippen LogP contribution is -2.39. The van der Waals surface area contributed by atoms with Gasteiger partial charge in [0.05, 0.1) is 62.6 Å². The van der Waals surface area contributed by atoms with E-state index in [1.54, 1.807) is 48.5 Å². The summed E-state index contributed by atoms with van der Waals surface area (Å²) in [5, 5.41) is 0. The van der Waals surface area contributed by atoms with Crippen molar-refractivity contribution in [1.29, 1.82) is 0 Å². The minimum absolute atomic E-state index is 0.112. The molecule has 13 heteroatoms. The van der Waals surface area contributed by atoms with Crippen LogP contribution in [0.5, 0.6) is 0 Å². The third-order valence-corrected chi connectivity index (χ3v) is 10.5. The predicted molar refractivity (Wildman–Crippen MR) is 159 cm³/mol. The summed E-state index contributed by atoms with van der Waals surface area (Å²) in [6, 6.07) is 13.5. The second-order valence-electron chi connectivity index (χ2n) is 9.89. The van der Waals surface area contributed by atoms with Crippen molar-refractivity contribution < 1.29 is 40.5 Å². The normalized spacial score (nSPS) is 20.5. The van der Waals surface area contributed by atoms with Crippen molar-refractivity contribution in [2.24, 2.45) is 0 Å². The largest absolute Gasteiger partial charge is 0.379 e. The molecule has 2 aromatic rings. The van der Waals surface area contributed by atoms with Crippen molar-refractivity contribution in [2.75, 3.05) is 85.6 Å². The van der Waals surface area contributed by atoms with Gasteiger partial charge in [0.1, 0.15) is 6.10 Å². The minimum Gasteiger partial charge on any atom is -0.379 e. The molecule has 0 bridgehead atoms. The van der Waals surface area contributed by atoms with Crippen molar-refractivity contribution in [1.82, 2.24) is 8.61 Å². The van der Waals surface area contributed by atoms with Crippen molar-refractivity contribution in [3.63, 3.8) is 0 Å². The van der Waals surface area contributed by atoms with Gasteiger partial charge in [-0.2, -0.15) is 8.61 Å². The predicted octanol–water partition coefficient (Wildman–Crippen LogP) is 2.47. The summed E-state index contributed by atoms with van der Waals surface area (Å²) >= 11 is 0. The molecule has 1 atom stereocenters. The number of rotatable bonds is 7. The molecule has 1 heterocycles. The smallest absolute Gasteiger partial charge is 0.243 e. The van der Waals surface area contributed by atoms with E-state index < -0.39 is 26.2 Å². The SMILES string of the molecule is CCOC[C@H]1COCCN(S(=O)(=O)c2ccc(C)cc2)CCOCCOCCN(S(=O)(=O)c2ccc(C)cc2)CCO1. The maximum absolute atomic E-state index is 13.4. The highest BCUT2D eigenvalue weighted by Crippen LogP contribution is 2.18. The van der Waals surface area contributed by atoms with Crippen LogP contribution in [0.15, 0.2) is 58.3 Å². The van der Waals surface area contributed by atoms with Gasteiger partial charge < -0.3 is 23.7 Å². The highest BCUT2D eigenvalue weighted by molar-refractivity contribution is 7.89. The van der Waals surface area contributed by atoms with E-state index in [0.29, 0.717) is 6.61 Å².